The maximum absolute atomic E-state index is 13.3. The molecule has 2 aliphatic rings. The zero-order valence-corrected chi connectivity index (χ0v) is 15.4. The molecule has 2 heterocycles. The van der Waals surface area contributed by atoms with Crippen LogP contribution in [-0.4, -0.2) is 40.8 Å². The van der Waals surface area contributed by atoms with Gasteiger partial charge in [-0.3, -0.25) is 14.6 Å². The molecule has 2 amide bonds. The third kappa shape index (κ3) is 3.46. The van der Waals surface area contributed by atoms with E-state index in [-0.39, 0.29) is 23.3 Å². The van der Waals surface area contributed by atoms with Gasteiger partial charge in [0.2, 0.25) is 5.91 Å². The molecule has 0 radical (unpaired) electrons. The second kappa shape index (κ2) is 7.51. The quantitative estimate of drug-likeness (QED) is 0.908. The molecule has 1 saturated heterocycles. The third-order valence-electron chi connectivity index (χ3n) is 6.00. The zero-order chi connectivity index (χ0) is 18.7. The monoisotopic (exact) mass is 363 g/mol. The van der Waals surface area contributed by atoms with E-state index in [0.29, 0.717) is 18.7 Å². The molecule has 1 aromatic carbocycles. The first-order valence-corrected chi connectivity index (χ1v) is 9.75. The van der Waals surface area contributed by atoms with Gasteiger partial charge in [0.05, 0.1) is 5.41 Å². The molecule has 1 aliphatic heterocycles. The highest BCUT2D eigenvalue weighted by atomic mass is 16.2. The average Bonchev–Trinajstić information content (AvgIpc) is 2.69. The maximum atomic E-state index is 13.3. The molecule has 1 aromatic heterocycles. The van der Waals surface area contributed by atoms with Gasteiger partial charge in [0.1, 0.15) is 0 Å². The van der Waals surface area contributed by atoms with E-state index in [1.54, 1.807) is 24.5 Å². The van der Waals surface area contributed by atoms with Gasteiger partial charge in [-0.25, -0.2) is 0 Å². The summed E-state index contributed by atoms with van der Waals surface area (Å²) in [4.78, 5) is 31.5. The molecule has 0 spiro atoms. The Labute approximate surface area is 159 Å². The smallest absolute Gasteiger partial charge is 0.251 e. The van der Waals surface area contributed by atoms with Crippen molar-refractivity contribution in [3.63, 3.8) is 0 Å². The molecule has 140 valence electrons. The van der Waals surface area contributed by atoms with Crippen LogP contribution in [0.3, 0.4) is 0 Å². The molecular formula is C22H25N3O2. The van der Waals surface area contributed by atoms with E-state index in [4.69, 9.17) is 0 Å². The number of nitrogens with one attached hydrogen (secondary N) is 1. The summed E-state index contributed by atoms with van der Waals surface area (Å²) in [6, 6.07) is 13.7. The van der Waals surface area contributed by atoms with Gasteiger partial charge in [-0.2, -0.15) is 0 Å². The SMILES string of the molecule is O=C(NC1CCN(C(=O)C2(c3ccccc3)CCC2)CC1)c1ccncc1. The second-order valence-corrected chi connectivity index (χ2v) is 7.58. The van der Waals surface area contributed by atoms with Gasteiger partial charge in [0, 0.05) is 37.1 Å². The number of hydrogen-bond donors (Lipinski definition) is 1. The van der Waals surface area contributed by atoms with Crippen molar-refractivity contribution in [1.82, 2.24) is 15.2 Å². The molecule has 1 aliphatic carbocycles. The van der Waals surface area contributed by atoms with E-state index in [0.717, 1.165) is 37.7 Å². The van der Waals surface area contributed by atoms with Crippen LogP contribution in [0.5, 0.6) is 0 Å². The predicted molar refractivity (Wildman–Crippen MR) is 103 cm³/mol. The summed E-state index contributed by atoms with van der Waals surface area (Å²) in [5.41, 5.74) is 1.45. The number of carbonyl (C=O) groups is 2. The molecule has 27 heavy (non-hydrogen) atoms. The summed E-state index contributed by atoms with van der Waals surface area (Å²) in [6.07, 6.45) is 7.83. The highest BCUT2D eigenvalue weighted by Crippen LogP contribution is 2.45. The molecular weight excluding hydrogens is 338 g/mol. The van der Waals surface area contributed by atoms with Crippen molar-refractivity contribution in [1.29, 1.82) is 0 Å². The molecule has 5 nitrogen and oxygen atoms in total. The molecule has 4 rings (SSSR count). The van der Waals surface area contributed by atoms with E-state index >= 15 is 0 Å². The van der Waals surface area contributed by atoms with E-state index in [1.165, 1.54) is 0 Å². The number of nitrogens with zero attached hydrogens (tertiary/aromatic N) is 2. The highest BCUT2D eigenvalue weighted by Gasteiger charge is 2.47. The fourth-order valence-corrected chi connectivity index (χ4v) is 4.22. The van der Waals surface area contributed by atoms with Crippen molar-refractivity contribution < 1.29 is 9.59 Å². The van der Waals surface area contributed by atoms with Crippen molar-refractivity contribution >= 4 is 11.8 Å². The minimum Gasteiger partial charge on any atom is -0.349 e. The lowest BCUT2D eigenvalue weighted by molar-refractivity contribution is -0.142. The van der Waals surface area contributed by atoms with Crippen molar-refractivity contribution in [2.24, 2.45) is 0 Å². The van der Waals surface area contributed by atoms with Gasteiger partial charge in [0.25, 0.3) is 5.91 Å². The standard InChI is InChI=1S/C22H25N3O2/c26-20(17-7-13-23-14-8-17)24-19-9-15-25(16-10-19)21(27)22(11-4-12-22)18-5-2-1-3-6-18/h1-3,5-8,13-14,19H,4,9-12,15-16H2,(H,24,26). The van der Waals surface area contributed by atoms with Gasteiger partial charge in [0.15, 0.2) is 0 Å². The molecule has 1 N–H and O–H groups in total. The summed E-state index contributed by atoms with van der Waals surface area (Å²) in [5, 5.41) is 3.09. The molecule has 0 bridgehead atoms. The lowest BCUT2D eigenvalue weighted by Gasteiger charge is -2.45. The minimum atomic E-state index is -0.325. The summed E-state index contributed by atoms with van der Waals surface area (Å²) in [7, 11) is 0. The lowest BCUT2D eigenvalue weighted by atomic mass is 9.63. The van der Waals surface area contributed by atoms with Gasteiger partial charge < -0.3 is 10.2 Å². The van der Waals surface area contributed by atoms with Crippen LogP contribution in [0.1, 0.15) is 48.0 Å². The van der Waals surface area contributed by atoms with Crippen LogP contribution >= 0.6 is 0 Å². The van der Waals surface area contributed by atoms with E-state index in [1.807, 2.05) is 23.1 Å². The number of amides is 2. The maximum Gasteiger partial charge on any atom is 0.251 e. The van der Waals surface area contributed by atoms with Crippen molar-refractivity contribution in [3.05, 3.63) is 66.0 Å². The minimum absolute atomic E-state index is 0.0677. The number of hydrogen-bond acceptors (Lipinski definition) is 3. The van der Waals surface area contributed by atoms with Gasteiger partial charge in [-0.05, 0) is 43.4 Å². The Hall–Kier alpha value is -2.69. The first-order chi connectivity index (χ1) is 13.2. The normalized spacial score (nSPS) is 19.2. The number of likely N-dealkylation sites (tertiary alicyclic amines) is 1. The molecule has 2 aromatic rings. The van der Waals surface area contributed by atoms with Crippen molar-refractivity contribution in [3.8, 4) is 0 Å². The lowest BCUT2D eigenvalue weighted by Crippen LogP contribution is -2.55. The number of piperidine rings is 1. The Morgan fingerprint density at radius 2 is 1.67 bits per heavy atom. The molecule has 5 heteroatoms. The Kier molecular flexibility index (Phi) is 4.92. The Morgan fingerprint density at radius 3 is 2.26 bits per heavy atom. The summed E-state index contributed by atoms with van der Waals surface area (Å²) in [5.74, 6) is 0.195. The molecule has 1 saturated carbocycles. The van der Waals surface area contributed by atoms with Gasteiger partial charge in [-0.15, -0.1) is 0 Å². The first kappa shape index (κ1) is 17.7. The zero-order valence-electron chi connectivity index (χ0n) is 15.4. The number of rotatable bonds is 4. The number of pyridine rings is 1. The largest absolute Gasteiger partial charge is 0.349 e. The third-order valence-corrected chi connectivity index (χ3v) is 6.00. The van der Waals surface area contributed by atoms with Gasteiger partial charge in [-0.1, -0.05) is 36.8 Å². The van der Waals surface area contributed by atoms with Gasteiger partial charge >= 0.3 is 0 Å². The predicted octanol–water partition coefficient (Wildman–Crippen LogP) is 2.92. The van der Waals surface area contributed by atoms with Crippen LogP contribution in [-0.2, 0) is 10.2 Å². The molecule has 0 unspecified atom stereocenters. The number of benzene rings is 1. The van der Waals surface area contributed by atoms with E-state index in [2.05, 4.69) is 22.4 Å². The van der Waals surface area contributed by atoms with Crippen LogP contribution in [0, 0.1) is 0 Å². The summed E-state index contributed by atoms with van der Waals surface area (Å²) < 4.78 is 0. The van der Waals surface area contributed by atoms with Crippen LogP contribution in [0.25, 0.3) is 0 Å². The fourth-order valence-electron chi connectivity index (χ4n) is 4.22. The summed E-state index contributed by atoms with van der Waals surface area (Å²) in [6.45, 7) is 1.41. The van der Waals surface area contributed by atoms with Crippen LogP contribution in [0.2, 0.25) is 0 Å². The Morgan fingerprint density at radius 1 is 1.00 bits per heavy atom. The second-order valence-electron chi connectivity index (χ2n) is 7.58. The Balaban J connectivity index is 1.36. The average molecular weight is 363 g/mol. The van der Waals surface area contributed by atoms with Crippen molar-refractivity contribution in [2.45, 2.75) is 43.6 Å². The van der Waals surface area contributed by atoms with Crippen LogP contribution in [0.15, 0.2) is 54.9 Å². The fraction of sp³-hybridized carbons (Fsp3) is 0.409. The van der Waals surface area contributed by atoms with Crippen LogP contribution < -0.4 is 5.32 Å². The number of aromatic nitrogens is 1. The van der Waals surface area contributed by atoms with Crippen LogP contribution in [0.4, 0.5) is 0 Å². The molecule has 2 fully saturated rings. The van der Waals surface area contributed by atoms with Crippen molar-refractivity contribution in [2.75, 3.05) is 13.1 Å². The Bertz CT molecular complexity index is 795. The number of carbonyl (C=O) groups excluding carboxylic acids is 2. The molecule has 0 atom stereocenters. The highest BCUT2D eigenvalue weighted by molar-refractivity contribution is 5.94. The first-order valence-electron chi connectivity index (χ1n) is 9.75. The van der Waals surface area contributed by atoms with E-state index < -0.39 is 0 Å². The van der Waals surface area contributed by atoms with E-state index in [9.17, 15) is 9.59 Å². The summed E-state index contributed by atoms with van der Waals surface area (Å²) >= 11 is 0. The topological polar surface area (TPSA) is 62.3 Å².